The Hall–Kier alpha value is -2.66. The van der Waals surface area contributed by atoms with Crippen LogP contribution in [0.2, 0.25) is 0 Å². The van der Waals surface area contributed by atoms with Gasteiger partial charge in [0.25, 0.3) is 0 Å². The number of nitrogens with zero attached hydrogens (tertiary/aromatic N) is 1. The summed E-state index contributed by atoms with van der Waals surface area (Å²) in [5, 5.41) is 0. The van der Waals surface area contributed by atoms with Crippen LogP contribution in [0.25, 0.3) is 11.3 Å². The number of aromatic nitrogens is 1. The largest absolute Gasteiger partial charge is 0.484 e. The normalized spacial score (nSPS) is 15.6. The quantitative estimate of drug-likeness (QED) is 0.630. The molecule has 1 aliphatic rings. The van der Waals surface area contributed by atoms with Gasteiger partial charge in [0.15, 0.2) is 6.61 Å². The third-order valence-corrected chi connectivity index (χ3v) is 5.53. The van der Waals surface area contributed by atoms with Crippen molar-refractivity contribution in [1.29, 1.82) is 0 Å². The molecule has 1 aliphatic heterocycles. The van der Waals surface area contributed by atoms with Crippen molar-refractivity contribution in [2.75, 3.05) is 19.8 Å². The fourth-order valence-electron chi connectivity index (χ4n) is 2.74. The van der Waals surface area contributed by atoms with Crippen molar-refractivity contribution in [1.82, 2.24) is 4.98 Å². The van der Waals surface area contributed by atoms with Gasteiger partial charge in [-0.15, -0.1) is 0 Å². The number of pyridine rings is 1. The second kappa shape index (κ2) is 9.00. The highest BCUT2D eigenvalue weighted by Crippen LogP contribution is 2.25. The smallest absolute Gasteiger partial charge is 0.422 e. The maximum atomic E-state index is 12.3. The highest BCUT2D eigenvalue weighted by Gasteiger charge is 2.29. The molecule has 1 aromatic carbocycles. The Kier molecular flexibility index (Phi) is 6.61. The summed E-state index contributed by atoms with van der Waals surface area (Å²) in [6, 6.07) is 8.33. The predicted molar refractivity (Wildman–Crippen MR) is 98.0 cm³/mol. The van der Waals surface area contributed by atoms with E-state index in [0.717, 1.165) is 6.20 Å². The Morgan fingerprint density at radius 3 is 2.33 bits per heavy atom. The number of halogens is 3. The molecule has 3 rings (SSSR count). The summed E-state index contributed by atoms with van der Waals surface area (Å²) in [6.45, 7) is -0.657. The van der Waals surface area contributed by atoms with Crippen LogP contribution in [0.5, 0.6) is 5.75 Å². The zero-order valence-electron chi connectivity index (χ0n) is 15.6. The number of hydrogen-bond donors (Lipinski definition) is 0. The van der Waals surface area contributed by atoms with E-state index in [9.17, 15) is 26.4 Å². The molecule has 0 amide bonds. The predicted octanol–water partition coefficient (Wildman–Crippen LogP) is 3.35. The van der Waals surface area contributed by atoms with Gasteiger partial charge in [0, 0.05) is 25.0 Å². The van der Waals surface area contributed by atoms with Crippen molar-refractivity contribution < 1.29 is 40.0 Å². The molecule has 2 heterocycles. The van der Waals surface area contributed by atoms with E-state index in [4.69, 9.17) is 8.92 Å². The first-order valence-electron chi connectivity index (χ1n) is 8.96. The van der Waals surface area contributed by atoms with Crippen molar-refractivity contribution in [2.24, 2.45) is 5.92 Å². The van der Waals surface area contributed by atoms with E-state index in [1.165, 1.54) is 36.4 Å². The van der Waals surface area contributed by atoms with E-state index < -0.39 is 34.8 Å². The third kappa shape index (κ3) is 5.92. The molecule has 0 bridgehead atoms. The van der Waals surface area contributed by atoms with E-state index in [1.54, 1.807) is 0 Å². The monoisotopic (exact) mass is 445 g/mol. The minimum Gasteiger partial charge on any atom is -0.484 e. The number of rotatable bonds is 6. The first-order valence-corrected chi connectivity index (χ1v) is 10.4. The highest BCUT2D eigenvalue weighted by molar-refractivity contribution is 7.87. The molecule has 0 saturated carbocycles. The summed E-state index contributed by atoms with van der Waals surface area (Å²) in [7, 11) is -4.32. The molecular weight excluding hydrogens is 427 g/mol. The van der Waals surface area contributed by atoms with Crippen molar-refractivity contribution in [2.45, 2.75) is 23.9 Å². The van der Waals surface area contributed by atoms with Crippen LogP contribution in [-0.4, -0.2) is 45.4 Å². The van der Waals surface area contributed by atoms with Crippen LogP contribution in [0.15, 0.2) is 47.5 Å². The first kappa shape index (κ1) is 22.0. The zero-order valence-corrected chi connectivity index (χ0v) is 16.4. The lowest BCUT2D eigenvalue weighted by atomic mass is 10.0. The van der Waals surface area contributed by atoms with Crippen LogP contribution in [0, 0.1) is 5.92 Å². The maximum absolute atomic E-state index is 12.3. The Morgan fingerprint density at radius 2 is 1.77 bits per heavy atom. The molecule has 0 aliphatic carbocycles. The molecule has 162 valence electrons. The molecule has 11 heteroatoms. The van der Waals surface area contributed by atoms with E-state index in [-0.39, 0.29) is 10.6 Å². The molecule has 0 N–H and O–H groups in total. The summed E-state index contributed by atoms with van der Waals surface area (Å²) in [5.74, 6) is -1.31. The lowest BCUT2D eigenvalue weighted by Gasteiger charge is -2.20. The van der Waals surface area contributed by atoms with Crippen LogP contribution in [0.4, 0.5) is 13.2 Å². The van der Waals surface area contributed by atoms with Gasteiger partial charge in [0.05, 0.1) is 11.6 Å². The lowest BCUT2D eigenvalue weighted by Crippen LogP contribution is -2.27. The SMILES string of the molecule is O=C(OS(=O)(=O)c1ccc(-c2ccc(OCC(F)(F)F)cc2)nc1)C1CCOCC1. The van der Waals surface area contributed by atoms with E-state index >= 15 is 0 Å². The summed E-state index contributed by atoms with van der Waals surface area (Å²) in [6.07, 6.45) is -2.59. The second-order valence-corrected chi connectivity index (χ2v) is 8.10. The zero-order chi connectivity index (χ0) is 21.8. The average molecular weight is 445 g/mol. The Bertz CT molecular complexity index is 969. The third-order valence-electron chi connectivity index (χ3n) is 4.32. The topological polar surface area (TPSA) is 91.8 Å². The minimum atomic E-state index is -4.43. The molecule has 0 atom stereocenters. The summed E-state index contributed by atoms with van der Waals surface area (Å²) in [5.41, 5.74) is 0.921. The molecule has 0 spiro atoms. The Balaban J connectivity index is 1.65. The number of benzene rings is 1. The molecule has 7 nitrogen and oxygen atoms in total. The fourth-order valence-corrected chi connectivity index (χ4v) is 3.61. The van der Waals surface area contributed by atoms with Crippen molar-refractivity contribution in [3.63, 3.8) is 0 Å². The minimum absolute atomic E-state index is 0.0373. The molecular formula is C19H18F3NO6S. The van der Waals surface area contributed by atoms with Crippen molar-refractivity contribution >= 4 is 16.1 Å². The molecule has 1 fully saturated rings. The molecule has 0 radical (unpaired) electrons. The van der Waals surface area contributed by atoms with Gasteiger partial charge in [-0.05, 0) is 49.2 Å². The van der Waals surface area contributed by atoms with Gasteiger partial charge in [-0.3, -0.25) is 9.78 Å². The maximum Gasteiger partial charge on any atom is 0.422 e. The summed E-state index contributed by atoms with van der Waals surface area (Å²) in [4.78, 5) is 15.8. The number of carbonyl (C=O) groups excluding carboxylic acids is 1. The first-order chi connectivity index (χ1) is 14.1. The van der Waals surface area contributed by atoms with Gasteiger partial charge in [-0.25, -0.2) is 0 Å². The van der Waals surface area contributed by atoms with Gasteiger partial charge in [0.2, 0.25) is 0 Å². The van der Waals surface area contributed by atoms with E-state index in [2.05, 4.69) is 9.72 Å². The van der Waals surface area contributed by atoms with Crippen LogP contribution in [0.3, 0.4) is 0 Å². The van der Waals surface area contributed by atoms with Gasteiger partial charge >= 0.3 is 22.3 Å². The molecule has 1 aromatic heterocycles. The molecule has 30 heavy (non-hydrogen) atoms. The van der Waals surface area contributed by atoms with Gasteiger partial charge in [-0.2, -0.15) is 21.6 Å². The Morgan fingerprint density at radius 1 is 1.10 bits per heavy atom. The van der Waals surface area contributed by atoms with Crippen LogP contribution < -0.4 is 4.74 Å². The van der Waals surface area contributed by atoms with Crippen LogP contribution in [0.1, 0.15) is 12.8 Å². The lowest BCUT2D eigenvalue weighted by molar-refractivity contribution is -0.153. The number of alkyl halides is 3. The van der Waals surface area contributed by atoms with Gasteiger partial charge in [-0.1, -0.05) is 0 Å². The van der Waals surface area contributed by atoms with Gasteiger partial charge in [0.1, 0.15) is 10.6 Å². The summed E-state index contributed by atoms with van der Waals surface area (Å²) < 4.78 is 75.6. The summed E-state index contributed by atoms with van der Waals surface area (Å²) >= 11 is 0. The molecule has 2 aromatic rings. The number of ether oxygens (including phenoxy) is 2. The van der Waals surface area contributed by atoms with Crippen LogP contribution >= 0.6 is 0 Å². The van der Waals surface area contributed by atoms with Crippen LogP contribution in [-0.2, 0) is 23.8 Å². The molecule has 1 saturated heterocycles. The fraction of sp³-hybridized carbons (Fsp3) is 0.368. The van der Waals surface area contributed by atoms with Crippen molar-refractivity contribution in [3.8, 4) is 17.0 Å². The number of hydrogen-bond acceptors (Lipinski definition) is 7. The average Bonchev–Trinajstić information content (AvgIpc) is 2.72. The molecule has 0 unspecified atom stereocenters. The van der Waals surface area contributed by atoms with Gasteiger partial charge < -0.3 is 13.7 Å². The van der Waals surface area contributed by atoms with Crippen molar-refractivity contribution in [3.05, 3.63) is 42.6 Å². The number of carbonyl (C=O) groups is 1. The Labute approximate surface area is 170 Å². The van der Waals surface area contributed by atoms with E-state index in [0.29, 0.717) is 37.3 Å². The second-order valence-electron chi connectivity index (χ2n) is 6.55. The van der Waals surface area contributed by atoms with E-state index in [1.807, 2.05) is 0 Å². The standard InChI is InChI=1S/C19H18F3NO6S/c20-19(21,22)12-28-15-3-1-13(2-4-15)17-6-5-16(11-23-17)30(25,26)29-18(24)14-7-9-27-10-8-14/h1-6,11,14H,7-10,12H2. The highest BCUT2D eigenvalue weighted by atomic mass is 32.2.